The molecule has 1 aromatic carbocycles. The number of hydrogen-bond acceptors (Lipinski definition) is 5. The summed E-state index contributed by atoms with van der Waals surface area (Å²) in [5, 5.41) is 13.7. The van der Waals surface area contributed by atoms with Crippen molar-refractivity contribution in [2.45, 2.75) is 46.0 Å². The lowest BCUT2D eigenvalue weighted by atomic mass is 10.1. The monoisotopic (exact) mass is 391 g/mol. The summed E-state index contributed by atoms with van der Waals surface area (Å²) in [5.41, 5.74) is -0.850. The molecular formula is C17H24F3N3O4. The van der Waals surface area contributed by atoms with Crippen molar-refractivity contribution in [2.24, 2.45) is 0 Å². The maximum absolute atomic E-state index is 12.3. The molecule has 0 aliphatic rings. The molecule has 0 heterocycles. The molecular weight excluding hydrogens is 367 g/mol. The highest BCUT2D eigenvalue weighted by molar-refractivity contribution is 5.98. The van der Waals surface area contributed by atoms with E-state index < -0.39 is 29.3 Å². The first-order chi connectivity index (χ1) is 12.4. The van der Waals surface area contributed by atoms with Crippen LogP contribution < -0.4 is 10.1 Å². The fraction of sp³-hybridized carbons (Fsp3) is 0.588. The number of nitro groups is 1. The molecule has 0 aliphatic carbocycles. The molecule has 7 nitrogen and oxygen atoms in total. The summed E-state index contributed by atoms with van der Waals surface area (Å²) < 4.78 is 41.4. The maximum atomic E-state index is 12.3. The van der Waals surface area contributed by atoms with E-state index in [0.717, 1.165) is 18.2 Å². The van der Waals surface area contributed by atoms with Crippen molar-refractivity contribution >= 4 is 11.6 Å². The van der Waals surface area contributed by atoms with E-state index in [1.165, 1.54) is 0 Å². The van der Waals surface area contributed by atoms with Crippen LogP contribution in [0.2, 0.25) is 0 Å². The second-order valence-corrected chi connectivity index (χ2v) is 6.52. The first-order valence-corrected chi connectivity index (χ1v) is 8.44. The molecule has 152 valence electrons. The summed E-state index contributed by atoms with van der Waals surface area (Å²) in [6.07, 6.45) is -4.55. The smallest absolute Gasteiger partial charge is 0.422 e. The Morgan fingerprint density at radius 2 is 1.85 bits per heavy atom. The van der Waals surface area contributed by atoms with Crippen molar-refractivity contribution in [3.8, 4) is 5.75 Å². The summed E-state index contributed by atoms with van der Waals surface area (Å²) in [4.78, 5) is 24.8. The Hall–Kier alpha value is -2.36. The van der Waals surface area contributed by atoms with Gasteiger partial charge in [0.25, 0.3) is 11.6 Å². The lowest BCUT2D eigenvalue weighted by Gasteiger charge is -2.30. The van der Waals surface area contributed by atoms with Crippen LogP contribution in [0.1, 0.15) is 38.1 Å². The van der Waals surface area contributed by atoms with Crippen molar-refractivity contribution in [3.63, 3.8) is 0 Å². The van der Waals surface area contributed by atoms with E-state index in [-0.39, 0.29) is 29.9 Å². The molecule has 0 aliphatic heterocycles. The molecule has 0 radical (unpaired) electrons. The van der Waals surface area contributed by atoms with E-state index in [1.807, 2.05) is 27.7 Å². The molecule has 0 spiro atoms. The zero-order chi connectivity index (χ0) is 20.8. The van der Waals surface area contributed by atoms with E-state index in [4.69, 9.17) is 0 Å². The molecule has 1 amide bonds. The molecule has 0 aromatic heterocycles. The average Bonchev–Trinajstić information content (AvgIpc) is 2.54. The van der Waals surface area contributed by atoms with Gasteiger partial charge < -0.3 is 10.1 Å². The van der Waals surface area contributed by atoms with E-state index in [9.17, 15) is 28.1 Å². The number of benzene rings is 1. The number of nitrogens with zero attached hydrogens (tertiary/aromatic N) is 2. The maximum Gasteiger partial charge on any atom is 0.422 e. The van der Waals surface area contributed by atoms with E-state index in [2.05, 4.69) is 15.0 Å². The lowest BCUT2D eigenvalue weighted by molar-refractivity contribution is -0.385. The van der Waals surface area contributed by atoms with Gasteiger partial charge in [-0.1, -0.05) is 0 Å². The van der Waals surface area contributed by atoms with Gasteiger partial charge in [-0.2, -0.15) is 13.2 Å². The molecule has 1 aromatic rings. The second-order valence-electron chi connectivity index (χ2n) is 6.52. The summed E-state index contributed by atoms with van der Waals surface area (Å²) >= 11 is 0. The molecule has 0 fully saturated rings. The van der Waals surface area contributed by atoms with Gasteiger partial charge in [0.1, 0.15) is 11.3 Å². The highest BCUT2D eigenvalue weighted by Gasteiger charge is 2.29. The van der Waals surface area contributed by atoms with Gasteiger partial charge in [-0.25, -0.2) is 0 Å². The van der Waals surface area contributed by atoms with Gasteiger partial charge in [0.2, 0.25) is 0 Å². The molecule has 0 unspecified atom stereocenters. The average molecular weight is 391 g/mol. The predicted octanol–water partition coefficient (Wildman–Crippen LogP) is 3.38. The Bertz CT molecular complexity index is 655. The second kappa shape index (κ2) is 9.54. The van der Waals surface area contributed by atoms with Gasteiger partial charge in [0.15, 0.2) is 6.61 Å². The molecule has 1 rings (SSSR count). The van der Waals surface area contributed by atoms with Crippen LogP contribution in [0.5, 0.6) is 5.75 Å². The van der Waals surface area contributed by atoms with Crippen LogP contribution in [0.4, 0.5) is 18.9 Å². The minimum Gasteiger partial charge on any atom is -0.484 e. The Labute approximate surface area is 155 Å². The normalized spacial score (nSPS) is 11.9. The lowest BCUT2D eigenvalue weighted by Crippen LogP contribution is -2.42. The predicted molar refractivity (Wildman–Crippen MR) is 94.0 cm³/mol. The number of amides is 1. The molecule has 1 N–H and O–H groups in total. The van der Waals surface area contributed by atoms with Gasteiger partial charge in [-0.05, 0) is 39.8 Å². The van der Waals surface area contributed by atoms with E-state index in [1.54, 1.807) is 0 Å². The number of alkyl halides is 3. The molecule has 0 saturated heterocycles. The number of hydrogen-bond donors (Lipinski definition) is 1. The van der Waals surface area contributed by atoms with Gasteiger partial charge in [-0.3, -0.25) is 19.8 Å². The Morgan fingerprint density at radius 3 is 2.33 bits per heavy atom. The number of nitro benzene ring substituents is 1. The van der Waals surface area contributed by atoms with E-state index in [0.29, 0.717) is 6.54 Å². The fourth-order valence-corrected chi connectivity index (χ4v) is 2.62. The summed E-state index contributed by atoms with van der Waals surface area (Å²) in [7, 11) is 0. The number of ether oxygens (including phenoxy) is 1. The topological polar surface area (TPSA) is 84.7 Å². The van der Waals surface area contributed by atoms with Crippen molar-refractivity contribution in [3.05, 3.63) is 33.9 Å². The van der Waals surface area contributed by atoms with Crippen LogP contribution in [0.3, 0.4) is 0 Å². The number of halogens is 3. The van der Waals surface area contributed by atoms with Crippen molar-refractivity contribution in [1.82, 2.24) is 10.2 Å². The molecule has 0 saturated carbocycles. The Kier molecular flexibility index (Phi) is 8.01. The number of carbonyl (C=O) groups excluding carboxylic acids is 1. The van der Waals surface area contributed by atoms with Crippen LogP contribution >= 0.6 is 0 Å². The quantitative estimate of drug-likeness (QED) is 0.515. The summed E-state index contributed by atoms with van der Waals surface area (Å²) in [5.74, 6) is -1.01. The van der Waals surface area contributed by atoms with Gasteiger partial charge in [-0.15, -0.1) is 0 Å². The number of nitrogens with one attached hydrogen (secondary N) is 1. The summed E-state index contributed by atoms with van der Waals surface area (Å²) in [6, 6.07) is 3.42. The molecule has 0 bridgehead atoms. The van der Waals surface area contributed by atoms with Gasteiger partial charge in [0, 0.05) is 31.2 Å². The van der Waals surface area contributed by atoms with Crippen LogP contribution in [0, 0.1) is 10.1 Å². The van der Waals surface area contributed by atoms with Gasteiger partial charge in [0.05, 0.1) is 4.92 Å². The Morgan fingerprint density at radius 1 is 1.26 bits per heavy atom. The van der Waals surface area contributed by atoms with Crippen LogP contribution in [-0.2, 0) is 0 Å². The molecule has 27 heavy (non-hydrogen) atoms. The minimum atomic E-state index is -4.55. The number of rotatable bonds is 9. The minimum absolute atomic E-state index is 0.236. The molecule has 10 heteroatoms. The highest BCUT2D eigenvalue weighted by atomic mass is 19.4. The molecule has 0 atom stereocenters. The standard InChI is InChI=1S/C17H24F3N3O4/c1-11(2)22(12(3)4)8-7-21-16(24)14-9-13(27-10-17(18,19)20)5-6-15(14)23(25)26/h5-6,9,11-12H,7-8,10H2,1-4H3,(H,21,24). The third-order valence-electron chi connectivity index (χ3n) is 3.79. The van der Waals surface area contributed by atoms with E-state index >= 15 is 0 Å². The van der Waals surface area contributed by atoms with Gasteiger partial charge >= 0.3 is 6.18 Å². The SMILES string of the molecule is CC(C)N(CCNC(=O)c1cc(OCC(F)(F)F)ccc1[N+](=O)[O-])C(C)C. The Balaban J connectivity index is 2.88. The summed E-state index contributed by atoms with van der Waals surface area (Å²) in [6.45, 7) is 7.24. The third-order valence-corrected chi connectivity index (χ3v) is 3.79. The van der Waals surface area contributed by atoms with Crippen LogP contribution in [-0.4, -0.2) is 53.7 Å². The first-order valence-electron chi connectivity index (χ1n) is 8.44. The van der Waals surface area contributed by atoms with Crippen molar-refractivity contribution in [1.29, 1.82) is 0 Å². The van der Waals surface area contributed by atoms with Crippen LogP contribution in [0.25, 0.3) is 0 Å². The number of carbonyl (C=O) groups is 1. The fourth-order valence-electron chi connectivity index (χ4n) is 2.62. The van der Waals surface area contributed by atoms with Crippen LogP contribution in [0.15, 0.2) is 18.2 Å². The third kappa shape index (κ3) is 7.41. The zero-order valence-electron chi connectivity index (χ0n) is 15.7. The van der Waals surface area contributed by atoms with Crippen molar-refractivity contribution in [2.75, 3.05) is 19.7 Å². The largest absolute Gasteiger partial charge is 0.484 e. The first kappa shape index (κ1) is 22.7. The zero-order valence-corrected chi connectivity index (χ0v) is 15.7. The van der Waals surface area contributed by atoms with Crippen molar-refractivity contribution < 1.29 is 27.6 Å². The highest BCUT2D eigenvalue weighted by Crippen LogP contribution is 2.25.